The first-order valence-corrected chi connectivity index (χ1v) is 10.2. The summed E-state index contributed by atoms with van der Waals surface area (Å²) in [5, 5.41) is 3.87. The van der Waals surface area contributed by atoms with Crippen molar-refractivity contribution >= 4 is 5.78 Å². The fourth-order valence-electron chi connectivity index (χ4n) is 3.90. The van der Waals surface area contributed by atoms with E-state index >= 15 is 0 Å². The van der Waals surface area contributed by atoms with Crippen molar-refractivity contribution in [2.24, 2.45) is 5.92 Å². The number of nitrogens with zero attached hydrogens (tertiary/aromatic N) is 3. The number of alkyl halides is 3. The van der Waals surface area contributed by atoms with Crippen LogP contribution in [0.2, 0.25) is 0 Å². The van der Waals surface area contributed by atoms with Gasteiger partial charge in [0.1, 0.15) is 0 Å². The molecule has 2 heterocycles. The third kappa shape index (κ3) is 4.69. The number of hydrogen-bond donors (Lipinski definition) is 0. The molecular formula is C23H22F3N3O2. The van der Waals surface area contributed by atoms with Crippen LogP contribution >= 0.6 is 0 Å². The molecule has 0 saturated carbocycles. The van der Waals surface area contributed by atoms with Gasteiger partial charge in [0.05, 0.1) is 11.6 Å². The van der Waals surface area contributed by atoms with Gasteiger partial charge in [0.25, 0.3) is 0 Å². The van der Waals surface area contributed by atoms with Crippen LogP contribution in [0.4, 0.5) is 13.2 Å². The molecule has 1 unspecified atom stereocenters. The highest BCUT2D eigenvalue weighted by Gasteiger charge is 2.32. The molecule has 1 atom stereocenters. The molecule has 1 fully saturated rings. The fraction of sp³-hybridized carbons (Fsp3) is 0.348. The second kappa shape index (κ2) is 8.63. The van der Waals surface area contributed by atoms with E-state index < -0.39 is 11.7 Å². The quantitative estimate of drug-likeness (QED) is 0.508. The van der Waals surface area contributed by atoms with E-state index in [1.54, 1.807) is 0 Å². The van der Waals surface area contributed by atoms with Crippen LogP contribution < -0.4 is 0 Å². The number of piperidine rings is 1. The molecule has 162 valence electrons. The first-order chi connectivity index (χ1) is 14.8. The van der Waals surface area contributed by atoms with Crippen molar-refractivity contribution in [3.8, 4) is 11.4 Å². The average Bonchev–Trinajstić information content (AvgIpc) is 3.29. The van der Waals surface area contributed by atoms with Gasteiger partial charge in [-0.2, -0.15) is 18.2 Å². The number of likely N-dealkylation sites (tertiary alicyclic amines) is 1. The van der Waals surface area contributed by atoms with Crippen molar-refractivity contribution in [1.29, 1.82) is 0 Å². The van der Waals surface area contributed by atoms with Crippen molar-refractivity contribution in [2.75, 3.05) is 13.1 Å². The zero-order valence-corrected chi connectivity index (χ0v) is 17.0. The molecule has 4 rings (SSSR count). The van der Waals surface area contributed by atoms with E-state index in [9.17, 15) is 18.0 Å². The first-order valence-electron chi connectivity index (χ1n) is 10.2. The van der Waals surface area contributed by atoms with E-state index in [2.05, 4.69) is 15.0 Å². The Balaban J connectivity index is 1.41. The van der Waals surface area contributed by atoms with E-state index in [0.29, 0.717) is 19.0 Å². The van der Waals surface area contributed by atoms with Gasteiger partial charge in [-0.1, -0.05) is 47.6 Å². The molecule has 0 bridgehead atoms. The molecule has 31 heavy (non-hydrogen) atoms. The number of rotatable bonds is 5. The van der Waals surface area contributed by atoms with Crippen molar-refractivity contribution in [3.63, 3.8) is 0 Å². The van der Waals surface area contributed by atoms with Gasteiger partial charge in [-0.15, -0.1) is 0 Å². The van der Waals surface area contributed by atoms with Crippen LogP contribution in [0, 0.1) is 5.92 Å². The normalized spacial score (nSPS) is 16.9. The Morgan fingerprint density at radius 1 is 1.10 bits per heavy atom. The molecule has 5 nitrogen and oxygen atoms in total. The van der Waals surface area contributed by atoms with Gasteiger partial charge >= 0.3 is 6.18 Å². The minimum absolute atomic E-state index is 0.0193. The number of aromatic nitrogens is 2. The topological polar surface area (TPSA) is 59.2 Å². The Kier molecular flexibility index (Phi) is 5.91. The summed E-state index contributed by atoms with van der Waals surface area (Å²) in [4.78, 5) is 19.1. The summed E-state index contributed by atoms with van der Waals surface area (Å²) >= 11 is 0. The molecule has 0 aliphatic carbocycles. The molecule has 0 spiro atoms. The smallest absolute Gasteiger partial charge is 0.337 e. The van der Waals surface area contributed by atoms with Crippen LogP contribution in [0.5, 0.6) is 0 Å². The van der Waals surface area contributed by atoms with E-state index in [1.807, 2.05) is 37.3 Å². The summed E-state index contributed by atoms with van der Waals surface area (Å²) in [6, 6.07) is 14.0. The number of Topliss-reactive ketones (excluding diaryl/α,β-unsaturated/α-hetero) is 1. The Bertz CT molecular complexity index is 1040. The summed E-state index contributed by atoms with van der Waals surface area (Å²) < 4.78 is 44.2. The minimum atomic E-state index is -4.43. The van der Waals surface area contributed by atoms with Crippen molar-refractivity contribution in [2.45, 2.75) is 32.0 Å². The summed E-state index contributed by atoms with van der Waals surface area (Å²) in [7, 11) is 0. The molecule has 0 amide bonds. The highest BCUT2D eigenvalue weighted by Crippen LogP contribution is 2.32. The van der Waals surface area contributed by atoms with Crippen LogP contribution in [0.15, 0.2) is 59.1 Å². The zero-order chi connectivity index (χ0) is 22.0. The standard InChI is InChI=1S/C23H22F3N3O2/c1-15(29-12-10-17(11-13-29)20(30)16-6-3-2-4-7-16)22-27-21(28-31-22)18-8-5-9-19(14-18)23(24,25)26/h2-9,14-15,17H,10-13H2,1H3. The number of halogens is 3. The molecule has 1 aliphatic rings. The molecule has 8 heteroatoms. The summed E-state index contributed by atoms with van der Waals surface area (Å²) in [6.45, 7) is 3.32. The third-order valence-corrected chi connectivity index (χ3v) is 5.75. The second-order valence-corrected chi connectivity index (χ2v) is 7.75. The van der Waals surface area contributed by atoms with Crippen LogP contribution in [-0.2, 0) is 6.18 Å². The Labute approximate surface area is 177 Å². The maximum Gasteiger partial charge on any atom is 0.416 e. The van der Waals surface area contributed by atoms with E-state index in [-0.39, 0.29) is 29.1 Å². The summed E-state index contributed by atoms with van der Waals surface area (Å²) in [5.74, 6) is 0.620. The molecule has 1 saturated heterocycles. The Morgan fingerprint density at radius 3 is 2.48 bits per heavy atom. The number of carbonyl (C=O) groups is 1. The molecule has 1 aliphatic heterocycles. The Hall–Kier alpha value is -3.00. The van der Waals surface area contributed by atoms with Crippen LogP contribution in [0.1, 0.15) is 47.6 Å². The molecule has 0 radical (unpaired) electrons. The van der Waals surface area contributed by atoms with Crippen molar-refractivity contribution in [1.82, 2.24) is 15.0 Å². The largest absolute Gasteiger partial charge is 0.416 e. The van der Waals surface area contributed by atoms with Crippen LogP contribution in [0.3, 0.4) is 0 Å². The van der Waals surface area contributed by atoms with Crippen molar-refractivity contribution in [3.05, 3.63) is 71.6 Å². The van der Waals surface area contributed by atoms with Crippen LogP contribution in [-0.4, -0.2) is 33.9 Å². The van der Waals surface area contributed by atoms with Gasteiger partial charge in [0.2, 0.25) is 11.7 Å². The molecule has 0 N–H and O–H groups in total. The molecule has 1 aromatic heterocycles. The highest BCUT2D eigenvalue weighted by molar-refractivity contribution is 5.97. The fourth-order valence-corrected chi connectivity index (χ4v) is 3.90. The molecule has 2 aromatic carbocycles. The summed E-state index contributed by atoms with van der Waals surface area (Å²) in [5.41, 5.74) is 0.232. The van der Waals surface area contributed by atoms with E-state index in [1.165, 1.54) is 12.1 Å². The first kappa shape index (κ1) is 21.2. The van der Waals surface area contributed by atoms with E-state index in [4.69, 9.17) is 4.52 Å². The number of hydrogen-bond acceptors (Lipinski definition) is 5. The monoisotopic (exact) mass is 429 g/mol. The van der Waals surface area contributed by atoms with Gasteiger partial charge in [0.15, 0.2) is 5.78 Å². The van der Waals surface area contributed by atoms with Gasteiger partial charge in [0, 0.05) is 17.0 Å². The highest BCUT2D eigenvalue weighted by atomic mass is 19.4. The summed E-state index contributed by atoms with van der Waals surface area (Å²) in [6.07, 6.45) is -2.98. The Morgan fingerprint density at radius 2 is 1.81 bits per heavy atom. The number of benzene rings is 2. The SMILES string of the molecule is CC(c1nc(-c2cccc(C(F)(F)F)c2)no1)N1CCC(C(=O)c2ccccc2)CC1. The maximum absolute atomic E-state index is 13.0. The lowest BCUT2D eigenvalue weighted by molar-refractivity contribution is -0.137. The minimum Gasteiger partial charge on any atom is -0.337 e. The van der Waals surface area contributed by atoms with Gasteiger partial charge in [-0.3, -0.25) is 9.69 Å². The number of ketones is 1. The lowest BCUT2D eigenvalue weighted by Gasteiger charge is -2.33. The third-order valence-electron chi connectivity index (χ3n) is 5.75. The van der Waals surface area contributed by atoms with Crippen LogP contribution in [0.25, 0.3) is 11.4 Å². The van der Waals surface area contributed by atoms with E-state index in [0.717, 1.165) is 30.5 Å². The predicted molar refractivity (Wildman–Crippen MR) is 108 cm³/mol. The molecular weight excluding hydrogens is 407 g/mol. The maximum atomic E-state index is 13.0. The van der Waals surface area contributed by atoms with Crippen molar-refractivity contribution < 1.29 is 22.5 Å². The zero-order valence-electron chi connectivity index (χ0n) is 17.0. The lowest BCUT2D eigenvalue weighted by Crippen LogP contribution is -2.38. The molecule has 3 aromatic rings. The lowest BCUT2D eigenvalue weighted by atomic mass is 9.88. The van der Waals surface area contributed by atoms with Gasteiger partial charge in [-0.25, -0.2) is 0 Å². The predicted octanol–water partition coefficient (Wildman–Crippen LogP) is 5.41. The second-order valence-electron chi connectivity index (χ2n) is 7.75. The number of carbonyl (C=O) groups excluding carboxylic acids is 1. The van der Waals surface area contributed by atoms with Gasteiger partial charge in [-0.05, 0) is 45.0 Å². The van der Waals surface area contributed by atoms with Gasteiger partial charge < -0.3 is 4.52 Å². The average molecular weight is 429 g/mol.